The number of carbonyl (C=O) groups excluding carboxylic acids is 1. The maximum absolute atomic E-state index is 12.7. The number of allylic oxidation sites excluding steroid dienone is 1. The van der Waals surface area contributed by atoms with Gasteiger partial charge >= 0.3 is 0 Å². The summed E-state index contributed by atoms with van der Waals surface area (Å²) in [5.41, 5.74) is 7.52. The predicted octanol–water partition coefficient (Wildman–Crippen LogP) is 7.52. The lowest BCUT2D eigenvalue weighted by Crippen LogP contribution is -2.22. The van der Waals surface area contributed by atoms with Gasteiger partial charge in [0.1, 0.15) is 17.3 Å². The van der Waals surface area contributed by atoms with Gasteiger partial charge in [-0.25, -0.2) is 10.4 Å². The van der Waals surface area contributed by atoms with Gasteiger partial charge in [-0.1, -0.05) is 72.4 Å². The molecule has 8 heteroatoms. The molecule has 1 aliphatic heterocycles. The number of rotatable bonds is 9. The van der Waals surface area contributed by atoms with E-state index in [1.54, 1.807) is 17.6 Å². The Morgan fingerprint density at radius 2 is 1.76 bits per heavy atom. The third kappa shape index (κ3) is 6.04. The third-order valence-electron chi connectivity index (χ3n) is 6.57. The molecule has 1 atom stereocenters. The van der Waals surface area contributed by atoms with E-state index < -0.39 is 0 Å². The lowest BCUT2D eigenvalue weighted by molar-refractivity contribution is -0.118. The fraction of sp³-hybridized carbons (Fsp3) is 0.121. The molecule has 6 nitrogen and oxygen atoms in total. The van der Waals surface area contributed by atoms with Crippen LogP contribution in [0, 0.1) is 0 Å². The van der Waals surface area contributed by atoms with Crippen LogP contribution in [0.2, 0.25) is 0 Å². The molecule has 2 heterocycles. The molecule has 0 saturated heterocycles. The first kappa shape index (κ1) is 26.8. The molecule has 0 aliphatic carbocycles. The van der Waals surface area contributed by atoms with Crippen molar-refractivity contribution >= 4 is 51.2 Å². The number of nitrogens with one attached hydrogen (secondary N) is 1. The van der Waals surface area contributed by atoms with E-state index in [2.05, 4.69) is 33.7 Å². The number of aromatic nitrogens is 1. The fourth-order valence-electron chi connectivity index (χ4n) is 4.76. The monoisotopic (exact) mass is 577 g/mol. The summed E-state index contributed by atoms with van der Waals surface area (Å²) in [6.45, 7) is 2.55. The van der Waals surface area contributed by atoms with Crippen molar-refractivity contribution in [3.05, 3.63) is 125 Å². The smallest absolute Gasteiger partial charge is 0.250 e. The second-order valence-electron chi connectivity index (χ2n) is 9.25. The summed E-state index contributed by atoms with van der Waals surface area (Å²) in [6.07, 6.45) is 1.71. The fourth-order valence-corrected chi connectivity index (χ4v) is 6.62. The number of thioether (sulfide) groups is 1. The number of nitrogens with zero attached hydrogens (tertiary/aromatic N) is 2. The molecule has 1 N–H and O–H groups in total. The molecule has 0 spiro atoms. The Morgan fingerprint density at radius 3 is 2.56 bits per heavy atom. The molecule has 0 radical (unpaired) electrons. The molecule has 204 valence electrons. The lowest BCUT2D eigenvalue weighted by atomic mass is 9.81. The first-order valence-corrected chi connectivity index (χ1v) is 15.1. The van der Waals surface area contributed by atoms with Crippen molar-refractivity contribution in [1.29, 1.82) is 0 Å². The summed E-state index contributed by atoms with van der Waals surface area (Å²) in [6, 6.07) is 34.1. The zero-order valence-electron chi connectivity index (χ0n) is 22.3. The van der Waals surface area contributed by atoms with E-state index in [-0.39, 0.29) is 17.6 Å². The van der Waals surface area contributed by atoms with Crippen molar-refractivity contribution in [2.24, 2.45) is 5.10 Å². The molecule has 4 aromatic carbocycles. The van der Waals surface area contributed by atoms with Gasteiger partial charge in [0.25, 0.3) is 5.91 Å². The summed E-state index contributed by atoms with van der Waals surface area (Å²) in [4.78, 5) is 17.3. The molecule has 0 fully saturated rings. The van der Waals surface area contributed by atoms with Crippen LogP contribution in [0.5, 0.6) is 11.5 Å². The topological polar surface area (TPSA) is 72.8 Å². The van der Waals surface area contributed by atoms with Gasteiger partial charge in [-0.3, -0.25) is 4.79 Å². The lowest BCUT2D eigenvalue weighted by Gasteiger charge is -2.30. The summed E-state index contributed by atoms with van der Waals surface area (Å²) >= 11 is 2.98. The van der Waals surface area contributed by atoms with E-state index in [0.717, 1.165) is 48.3 Å². The maximum Gasteiger partial charge on any atom is 0.250 e. The summed E-state index contributed by atoms with van der Waals surface area (Å²) in [7, 11) is 0. The van der Waals surface area contributed by atoms with Crippen LogP contribution in [0.4, 0.5) is 0 Å². The summed E-state index contributed by atoms with van der Waals surface area (Å²) < 4.78 is 14.1. The van der Waals surface area contributed by atoms with Crippen LogP contribution in [-0.4, -0.2) is 29.5 Å². The molecule has 1 unspecified atom stereocenters. The number of thiazole rings is 1. The minimum Gasteiger partial charge on any atom is -0.494 e. The van der Waals surface area contributed by atoms with Gasteiger partial charge in [-0.2, -0.15) is 5.10 Å². The van der Waals surface area contributed by atoms with E-state index in [1.165, 1.54) is 11.8 Å². The SMILES string of the molecule is CCOc1ccc(C2=C(/C=N/NC(=O)CSc3nc4ccccc4s3)C(c3ccccc3)c3ccccc3O2)cc1. The van der Waals surface area contributed by atoms with Crippen LogP contribution in [0.15, 0.2) is 118 Å². The minimum absolute atomic E-state index is 0.138. The zero-order valence-corrected chi connectivity index (χ0v) is 24.0. The van der Waals surface area contributed by atoms with Crippen LogP contribution in [0.25, 0.3) is 16.0 Å². The van der Waals surface area contributed by atoms with Gasteiger partial charge in [-0.05, 0) is 55.0 Å². The van der Waals surface area contributed by atoms with Crippen LogP contribution >= 0.6 is 23.1 Å². The number of amides is 1. The molecule has 1 aliphatic rings. The minimum atomic E-state index is -0.206. The Balaban J connectivity index is 1.29. The number of benzene rings is 4. The second kappa shape index (κ2) is 12.4. The molecule has 0 bridgehead atoms. The van der Waals surface area contributed by atoms with Crippen LogP contribution in [-0.2, 0) is 4.79 Å². The Bertz CT molecular complexity index is 1700. The highest BCUT2D eigenvalue weighted by Gasteiger charge is 2.31. The van der Waals surface area contributed by atoms with E-state index in [9.17, 15) is 4.79 Å². The van der Waals surface area contributed by atoms with E-state index in [4.69, 9.17) is 9.47 Å². The molecule has 1 aromatic heterocycles. The molecule has 5 aromatic rings. The predicted molar refractivity (Wildman–Crippen MR) is 167 cm³/mol. The van der Waals surface area contributed by atoms with Crippen molar-refractivity contribution in [3.63, 3.8) is 0 Å². The summed E-state index contributed by atoms with van der Waals surface area (Å²) in [5, 5.41) is 4.40. The third-order valence-corrected chi connectivity index (χ3v) is 8.75. The van der Waals surface area contributed by atoms with Crippen molar-refractivity contribution in [1.82, 2.24) is 10.4 Å². The molecule has 41 heavy (non-hydrogen) atoms. The van der Waals surface area contributed by atoms with E-state index >= 15 is 0 Å². The van der Waals surface area contributed by atoms with Gasteiger partial charge in [0.2, 0.25) is 0 Å². The van der Waals surface area contributed by atoms with Gasteiger partial charge in [0.15, 0.2) is 4.34 Å². The number of carbonyl (C=O) groups is 1. The van der Waals surface area contributed by atoms with Crippen LogP contribution in [0.1, 0.15) is 29.5 Å². The van der Waals surface area contributed by atoms with Crippen LogP contribution in [0.3, 0.4) is 0 Å². The molecule has 1 amide bonds. The Kier molecular flexibility index (Phi) is 8.11. The number of hydrazone groups is 1. The second-order valence-corrected chi connectivity index (χ2v) is 11.5. The number of hydrogen-bond donors (Lipinski definition) is 1. The highest BCUT2D eigenvalue weighted by molar-refractivity contribution is 8.01. The zero-order chi connectivity index (χ0) is 28.0. The van der Waals surface area contributed by atoms with Gasteiger partial charge < -0.3 is 9.47 Å². The largest absolute Gasteiger partial charge is 0.494 e. The first-order chi connectivity index (χ1) is 20.2. The Morgan fingerprint density at radius 1 is 1.00 bits per heavy atom. The highest BCUT2D eigenvalue weighted by atomic mass is 32.2. The van der Waals surface area contributed by atoms with Crippen molar-refractivity contribution < 1.29 is 14.3 Å². The van der Waals surface area contributed by atoms with E-state index in [0.29, 0.717) is 12.4 Å². The normalized spacial score (nSPS) is 14.6. The number of hydrogen-bond acceptors (Lipinski definition) is 7. The number of para-hydroxylation sites is 2. The molecule has 6 rings (SSSR count). The standard InChI is InChI=1S/C33H27N3O3S2/c1-2-38-24-18-16-23(17-19-24)32-26(31(22-10-4-3-5-11-22)25-12-6-8-14-28(25)39-32)20-34-36-30(37)21-40-33-35-27-13-7-9-15-29(27)41-33/h3-20,31H,2,21H2,1H3,(H,36,37)/b34-20+. The molecular formula is C33H27N3O3S2. The Hall–Kier alpha value is -4.40. The Labute approximate surface area is 246 Å². The average Bonchev–Trinajstić information content (AvgIpc) is 3.44. The summed E-state index contributed by atoms with van der Waals surface area (Å²) in [5.74, 6) is 2.13. The molecular weight excluding hydrogens is 551 g/mol. The first-order valence-electron chi connectivity index (χ1n) is 13.3. The average molecular weight is 578 g/mol. The van der Waals surface area contributed by atoms with Gasteiger partial charge in [0, 0.05) is 22.6 Å². The van der Waals surface area contributed by atoms with Crippen molar-refractivity contribution in [3.8, 4) is 11.5 Å². The molecule has 0 saturated carbocycles. The van der Waals surface area contributed by atoms with Crippen molar-refractivity contribution in [2.45, 2.75) is 17.2 Å². The quantitative estimate of drug-likeness (QED) is 0.111. The van der Waals surface area contributed by atoms with E-state index in [1.807, 2.05) is 91.9 Å². The number of fused-ring (bicyclic) bond motifs is 2. The number of ether oxygens (including phenoxy) is 2. The van der Waals surface area contributed by atoms with Gasteiger partial charge in [0.05, 0.1) is 28.8 Å². The van der Waals surface area contributed by atoms with Gasteiger partial charge in [-0.15, -0.1) is 11.3 Å². The highest BCUT2D eigenvalue weighted by Crippen LogP contribution is 2.45. The maximum atomic E-state index is 12.7. The van der Waals surface area contributed by atoms with Crippen molar-refractivity contribution in [2.75, 3.05) is 12.4 Å². The van der Waals surface area contributed by atoms with Crippen LogP contribution < -0.4 is 14.9 Å².